The highest BCUT2D eigenvalue weighted by atomic mass is 16.3. The second-order valence-electron chi connectivity index (χ2n) is 5.24. The summed E-state index contributed by atoms with van der Waals surface area (Å²) in [5, 5.41) is 17.5. The minimum absolute atomic E-state index is 0.0104. The van der Waals surface area contributed by atoms with E-state index in [0.29, 0.717) is 5.69 Å². The minimum Gasteiger partial charge on any atom is -0.394 e. The van der Waals surface area contributed by atoms with Crippen molar-refractivity contribution in [2.24, 2.45) is 7.05 Å². The van der Waals surface area contributed by atoms with Crippen LogP contribution in [-0.4, -0.2) is 32.9 Å². The molecule has 2 N–H and O–H groups in total. The number of aryl methyl sites for hydroxylation is 1. The molecule has 1 aromatic heterocycles. The largest absolute Gasteiger partial charge is 0.394 e. The first kappa shape index (κ1) is 12.2. The van der Waals surface area contributed by atoms with Gasteiger partial charge in [-0.3, -0.25) is 9.48 Å². The number of nitrogens with one attached hydrogen (secondary N) is 1. The maximum atomic E-state index is 12.3. The van der Waals surface area contributed by atoms with Gasteiger partial charge in [0.25, 0.3) is 5.91 Å². The maximum absolute atomic E-state index is 12.3. The van der Waals surface area contributed by atoms with Crippen LogP contribution in [-0.2, 0) is 7.05 Å². The number of hydrogen-bond donors (Lipinski definition) is 2. The molecule has 1 saturated carbocycles. The van der Waals surface area contributed by atoms with Crippen LogP contribution in [0, 0.1) is 0 Å². The van der Waals surface area contributed by atoms with Crippen molar-refractivity contribution in [3.8, 4) is 0 Å². The molecule has 19 heavy (non-hydrogen) atoms. The second kappa shape index (κ2) is 4.35. The Balaban J connectivity index is 1.94. The van der Waals surface area contributed by atoms with Gasteiger partial charge in [-0.2, -0.15) is 5.10 Å². The molecular weight excluding hydrogens is 242 g/mol. The van der Waals surface area contributed by atoms with E-state index in [4.69, 9.17) is 0 Å². The summed E-state index contributed by atoms with van der Waals surface area (Å²) in [5.74, 6) is -0.203. The van der Waals surface area contributed by atoms with Crippen molar-refractivity contribution >= 4 is 16.8 Å². The molecule has 5 nitrogen and oxygen atoms in total. The molecule has 0 unspecified atom stereocenters. The van der Waals surface area contributed by atoms with E-state index in [0.717, 1.165) is 30.2 Å². The van der Waals surface area contributed by atoms with Gasteiger partial charge in [-0.15, -0.1) is 0 Å². The molecule has 1 aliphatic carbocycles. The number of amides is 1. The monoisotopic (exact) mass is 259 g/mol. The number of benzene rings is 1. The molecule has 0 radical (unpaired) electrons. The SMILES string of the molecule is Cn1nc(C(=O)NC2(CO)CCC2)c2ccccc21. The van der Waals surface area contributed by atoms with Crippen LogP contribution in [0.3, 0.4) is 0 Å². The van der Waals surface area contributed by atoms with E-state index in [1.54, 1.807) is 4.68 Å². The van der Waals surface area contributed by atoms with Crippen molar-refractivity contribution in [2.45, 2.75) is 24.8 Å². The molecule has 1 heterocycles. The Kier molecular flexibility index (Phi) is 2.78. The first-order chi connectivity index (χ1) is 9.15. The van der Waals surface area contributed by atoms with Gasteiger partial charge in [0.1, 0.15) is 0 Å². The zero-order valence-electron chi connectivity index (χ0n) is 10.9. The fourth-order valence-electron chi connectivity index (χ4n) is 2.61. The summed E-state index contributed by atoms with van der Waals surface area (Å²) >= 11 is 0. The summed E-state index contributed by atoms with van der Waals surface area (Å²) in [6.07, 6.45) is 2.71. The van der Waals surface area contributed by atoms with Crippen LogP contribution in [0.5, 0.6) is 0 Å². The third-order valence-corrected chi connectivity index (χ3v) is 3.96. The molecule has 0 aliphatic heterocycles. The van der Waals surface area contributed by atoms with Crippen LogP contribution in [0.1, 0.15) is 29.8 Å². The van der Waals surface area contributed by atoms with E-state index < -0.39 is 5.54 Å². The zero-order chi connectivity index (χ0) is 13.5. The van der Waals surface area contributed by atoms with E-state index in [1.165, 1.54) is 0 Å². The lowest BCUT2D eigenvalue weighted by Gasteiger charge is -2.40. The Bertz CT molecular complexity index is 623. The molecule has 2 aromatic rings. The van der Waals surface area contributed by atoms with Crippen LogP contribution >= 0.6 is 0 Å². The summed E-state index contributed by atoms with van der Waals surface area (Å²) < 4.78 is 1.70. The molecule has 0 atom stereocenters. The van der Waals surface area contributed by atoms with Gasteiger partial charge in [-0.1, -0.05) is 18.2 Å². The molecule has 100 valence electrons. The Morgan fingerprint density at radius 3 is 2.84 bits per heavy atom. The number of fused-ring (bicyclic) bond motifs is 1. The van der Waals surface area contributed by atoms with E-state index in [9.17, 15) is 9.90 Å². The van der Waals surface area contributed by atoms with Crippen molar-refractivity contribution in [3.63, 3.8) is 0 Å². The topological polar surface area (TPSA) is 67.2 Å². The highest BCUT2D eigenvalue weighted by molar-refractivity contribution is 6.05. The quantitative estimate of drug-likeness (QED) is 0.871. The summed E-state index contributed by atoms with van der Waals surface area (Å²) in [7, 11) is 1.82. The fraction of sp³-hybridized carbons (Fsp3) is 0.429. The number of aliphatic hydroxyl groups is 1. The molecule has 0 bridgehead atoms. The normalized spacial score (nSPS) is 17.2. The lowest BCUT2D eigenvalue weighted by atomic mass is 9.77. The lowest BCUT2D eigenvalue weighted by Crippen LogP contribution is -2.56. The van der Waals surface area contributed by atoms with E-state index in [1.807, 2.05) is 31.3 Å². The molecule has 1 aliphatic rings. The predicted molar refractivity (Wildman–Crippen MR) is 71.8 cm³/mol. The summed E-state index contributed by atoms with van der Waals surface area (Å²) in [6.45, 7) is -0.0104. The number of aromatic nitrogens is 2. The first-order valence-electron chi connectivity index (χ1n) is 6.50. The van der Waals surface area contributed by atoms with Crippen molar-refractivity contribution in [1.82, 2.24) is 15.1 Å². The second-order valence-corrected chi connectivity index (χ2v) is 5.24. The van der Waals surface area contributed by atoms with Crippen molar-refractivity contribution in [1.29, 1.82) is 0 Å². The highest BCUT2D eigenvalue weighted by Gasteiger charge is 2.38. The van der Waals surface area contributed by atoms with Gasteiger partial charge in [-0.25, -0.2) is 0 Å². The standard InChI is InChI=1S/C14H17N3O2/c1-17-11-6-3-2-5-10(11)12(16-17)13(19)15-14(9-18)7-4-8-14/h2-3,5-6,18H,4,7-9H2,1H3,(H,15,19). The van der Waals surface area contributed by atoms with E-state index >= 15 is 0 Å². The van der Waals surface area contributed by atoms with Gasteiger partial charge < -0.3 is 10.4 Å². The number of aliphatic hydroxyl groups excluding tert-OH is 1. The Hall–Kier alpha value is -1.88. The molecule has 0 saturated heterocycles. The third-order valence-electron chi connectivity index (χ3n) is 3.96. The number of carbonyl (C=O) groups excluding carboxylic acids is 1. The summed E-state index contributed by atoms with van der Waals surface area (Å²) in [4.78, 5) is 12.3. The Labute approximate surface area is 111 Å². The number of nitrogens with zero attached hydrogens (tertiary/aromatic N) is 2. The van der Waals surface area contributed by atoms with Crippen LogP contribution in [0.15, 0.2) is 24.3 Å². The van der Waals surface area contributed by atoms with Crippen LogP contribution in [0.25, 0.3) is 10.9 Å². The van der Waals surface area contributed by atoms with E-state index in [-0.39, 0.29) is 12.5 Å². The van der Waals surface area contributed by atoms with Gasteiger partial charge in [0.2, 0.25) is 0 Å². The molecule has 0 spiro atoms. The number of carbonyl (C=O) groups is 1. The van der Waals surface area contributed by atoms with Crippen molar-refractivity contribution in [3.05, 3.63) is 30.0 Å². The summed E-state index contributed by atoms with van der Waals surface area (Å²) in [5.41, 5.74) is 0.924. The molecule has 5 heteroatoms. The maximum Gasteiger partial charge on any atom is 0.272 e. The smallest absolute Gasteiger partial charge is 0.272 e. The molecular formula is C14H17N3O2. The molecule has 1 aromatic carbocycles. The first-order valence-corrected chi connectivity index (χ1v) is 6.50. The van der Waals surface area contributed by atoms with Gasteiger partial charge in [0.05, 0.1) is 17.7 Å². The van der Waals surface area contributed by atoms with Crippen LogP contribution in [0.4, 0.5) is 0 Å². The minimum atomic E-state index is -0.435. The van der Waals surface area contributed by atoms with Gasteiger partial charge >= 0.3 is 0 Å². The number of hydrogen-bond acceptors (Lipinski definition) is 3. The predicted octanol–water partition coefficient (Wildman–Crippen LogP) is 1.22. The molecule has 3 rings (SSSR count). The zero-order valence-corrected chi connectivity index (χ0v) is 10.9. The van der Waals surface area contributed by atoms with Crippen molar-refractivity contribution < 1.29 is 9.90 Å². The Morgan fingerprint density at radius 1 is 1.47 bits per heavy atom. The van der Waals surface area contributed by atoms with Gasteiger partial charge in [-0.05, 0) is 25.3 Å². The van der Waals surface area contributed by atoms with Crippen LogP contribution in [0.2, 0.25) is 0 Å². The highest BCUT2D eigenvalue weighted by Crippen LogP contribution is 2.31. The average Bonchev–Trinajstić information content (AvgIpc) is 2.72. The lowest BCUT2D eigenvalue weighted by molar-refractivity contribution is 0.0638. The third kappa shape index (κ3) is 1.90. The van der Waals surface area contributed by atoms with Crippen molar-refractivity contribution in [2.75, 3.05) is 6.61 Å². The molecule has 1 fully saturated rings. The molecule has 1 amide bonds. The summed E-state index contributed by atoms with van der Waals surface area (Å²) in [6, 6.07) is 7.65. The number of para-hydroxylation sites is 1. The fourth-order valence-corrected chi connectivity index (χ4v) is 2.61. The average molecular weight is 259 g/mol. The van der Waals surface area contributed by atoms with Gasteiger partial charge in [0, 0.05) is 12.4 Å². The Morgan fingerprint density at radius 2 is 2.21 bits per heavy atom. The van der Waals surface area contributed by atoms with E-state index in [2.05, 4.69) is 10.4 Å². The number of rotatable bonds is 3. The van der Waals surface area contributed by atoms with Gasteiger partial charge in [0.15, 0.2) is 5.69 Å². The van der Waals surface area contributed by atoms with Crippen LogP contribution < -0.4 is 5.32 Å².